The second kappa shape index (κ2) is 21.5. The van der Waals surface area contributed by atoms with Crippen molar-refractivity contribution in [1.82, 2.24) is 0 Å². The van der Waals surface area contributed by atoms with Gasteiger partial charge in [-0.15, -0.1) is 0 Å². The Morgan fingerprint density at radius 3 is 1.84 bits per heavy atom. The van der Waals surface area contributed by atoms with Gasteiger partial charge in [-0.25, -0.2) is 0 Å². The van der Waals surface area contributed by atoms with Gasteiger partial charge in [0.15, 0.2) is 0 Å². The van der Waals surface area contributed by atoms with Crippen molar-refractivity contribution in [2.24, 2.45) is 0 Å². The van der Waals surface area contributed by atoms with Gasteiger partial charge in [-0.3, -0.25) is 0 Å². The van der Waals surface area contributed by atoms with Crippen molar-refractivity contribution < 1.29 is 24.6 Å². The summed E-state index contributed by atoms with van der Waals surface area (Å²) in [5.74, 6) is 0.345. The van der Waals surface area contributed by atoms with Gasteiger partial charge in [-0.2, -0.15) is 35.4 Å². The minimum atomic E-state index is 0.345. The van der Waals surface area contributed by atoms with Crippen LogP contribution < -0.4 is 0 Å². The molecule has 2 nitrogen and oxygen atoms in total. The fourth-order valence-electron chi connectivity index (χ4n) is 3.41. The molecule has 1 atom stereocenters. The number of carbonyl (C=O) groups excluding carboxylic acids is 1. The predicted octanol–water partition coefficient (Wildman–Crippen LogP) is 9.65. The number of hydrogen-bond acceptors (Lipinski definition) is 2. The van der Waals surface area contributed by atoms with E-state index in [9.17, 15) is 4.79 Å². The summed E-state index contributed by atoms with van der Waals surface area (Å²) in [7, 11) is 4.45. The van der Waals surface area contributed by atoms with Crippen molar-refractivity contribution in [3.63, 3.8) is 0 Å². The normalized spacial score (nSPS) is 12.1. The van der Waals surface area contributed by atoms with Crippen LogP contribution in [-0.4, -0.2) is 19.5 Å². The number of aldehydes is 1. The van der Waals surface area contributed by atoms with Gasteiger partial charge >= 0.3 is 25.2 Å². The van der Waals surface area contributed by atoms with Crippen LogP contribution in [0.3, 0.4) is 0 Å². The van der Waals surface area contributed by atoms with E-state index in [1.165, 1.54) is 56.3 Å². The zero-order valence-corrected chi connectivity index (χ0v) is 26.9. The van der Waals surface area contributed by atoms with Crippen LogP contribution in [-0.2, 0) is 24.6 Å². The van der Waals surface area contributed by atoms with Crippen molar-refractivity contribution in [3.8, 4) is 0 Å². The molecule has 203 valence electrons. The van der Waals surface area contributed by atoms with Gasteiger partial charge in [0.1, 0.15) is 6.29 Å². The zero-order valence-electron chi connectivity index (χ0n) is 23.3. The number of ether oxygens (including phenoxy) is 1. The third-order valence-electron chi connectivity index (χ3n) is 6.33. The van der Waals surface area contributed by atoms with Gasteiger partial charge in [-0.05, 0) is 80.3 Å². The van der Waals surface area contributed by atoms with Gasteiger partial charge < -0.3 is 9.53 Å². The van der Waals surface area contributed by atoms with Crippen molar-refractivity contribution >= 4 is 32.3 Å². The Morgan fingerprint density at radius 1 is 0.892 bits per heavy atom. The van der Waals surface area contributed by atoms with Gasteiger partial charge in [0.2, 0.25) is 0 Å². The van der Waals surface area contributed by atoms with Gasteiger partial charge in [0.25, 0.3) is 0 Å². The van der Waals surface area contributed by atoms with E-state index >= 15 is 0 Å². The molecule has 0 spiro atoms. The number of carbonyl (C=O) groups is 1. The van der Waals surface area contributed by atoms with Gasteiger partial charge in [0.05, 0.1) is 0 Å². The summed E-state index contributed by atoms with van der Waals surface area (Å²) < 4.78 is 6.14. The Bertz CT molecular complexity index is 986. The summed E-state index contributed by atoms with van der Waals surface area (Å²) in [5.41, 5.74) is 9.14. The third kappa shape index (κ3) is 14.9. The Morgan fingerprint density at radius 2 is 1.43 bits per heavy atom. The molecular weight excluding hydrogens is 587 g/mol. The molecule has 3 aromatic carbocycles. The van der Waals surface area contributed by atoms with Crippen molar-refractivity contribution in [3.05, 3.63) is 104 Å². The average Bonchev–Trinajstić information content (AvgIpc) is 3.49. The molecule has 1 unspecified atom stereocenters. The fraction of sp³-hybridized carbons (Fsp3) is 0.406. The molecule has 0 radical (unpaired) electrons. The number of aryl methyl sites for hydroxylation is 4. The van der Waals surface area contributed by atoms with E-state index < -0.39 is 0 Å². The molecule has 0 aliphatic carbocycles. The number of rotatable bonds is 3. The molecule has 4 rings (SSSR count). The van der Waals surface area contributed by atoms with Crippen LogP contribution in [0.5, 0.6) is 0 Å². The molecule has 0 bridgehead atoms. The molecule has 0 saturated carbocycles. The number of benzene rings is 3. The van der Waals surface area contributed by atoms with Crippen LogP contribution in [0.15, 0.2) is 59.1 Å². The molecule has 5 heteroatoms. The molecule has 1 aliphatic rings. The Balaban J connectivity index is 0.000000477. The second-order valence-corrected chi connectivity index (χ2v) is 9.93. The fourth-order valence-corrected chi connectivity index (χ4v) is 3.87. The number of hydrogen-bond donors (Lipinski definition) is 0. The van der Waals surface area contributed by atoms with Gasteiger partial charge in [0, 0.05) is 24.1 Å². The molecule has 1 heterocycles. The molecule has 37 heavy (non-hydrogen) atoms. The summed E-state index contributed by atoms with van der Waals surface area (Å²) in [4.78, 5) is 10.4. The van der Waals surface area contributed by atoms with E-state index in [0.717, 1.165) is 19.5 Å². The van der Waals surface area contributed by atoms with E-state index in [1.54, 1.807) is 0 Å². The molecule has 1 saturated heterocycles. The average molecular weight is 629 g/mol. The van der Waals surface area contributed by atoms with E-state index in [2.05, 4.69) is 132 Å². The van der Waals surface area contributed by atoms with Crippen molar-refractivity contribution in [2.45, 2.75) is 73.6 Å². The summed E-state index contributed by atoms with van der Waals surface area (Å²) in [6.45, 7) is 16.7. The molecule has 0 N–H and O–H groups in total. The third-order valence-corrected chi connectivity index (χ3v) is 7.19. The van der Waals surface area contributed by atoms with Crippen LogP contribution in [0.1, 0.15) is 71.0 Å². The summed E-state index contributed by atoms with van der Waals surface area (Å²) in [5, 5.41) is 0. The summed E-state index contributed by atoms with van der Waals surface area (Å²) >= 11 is 5.86. The Hall–Kier alpha value is -1.42. The molecule has 3 aromatic rings. The van der Waals surface area contributed by atoms with E-state index in [4.69, 9.17) is 4.74 Å². The molecule has 0 aromatic heterocycles. The SMILES string of the molecule is C1CCOC1.Cc1[c-]cccc1C.Cc1cccc(Br)c1C.Cc1cccc(C(C)CC=O)c1C.[Cl][Mn+]. The van der Waals surface area contributed by atoms with Crippen LogP contribution in [0, 0.1) is 47.6 Å². The monoisotopic (exact) mass is 627 g/mol. The first-order chi connectivity index (χ1) is 17.7. The Labute approximate surface area is 246 Å². The van der Waals surface area contributed by atoms with Gasteiger partial charge in [-0.1, -0.05) is 67.0 Å². The first kappa shape index (κ1) is 35.6. The van der Waals surface area contributed by atoms with Crippen LogP contribution in [0.25, 0.3) is 0 Å². The van der Waals surface area contributed by atoms with Crippen molar-refractivity contribution in [2.75, 3.05) is 13.2 Å². The first-order valence-corrected chi connectivity index (χ1v) is 15.0. The maximum atomic E-state index is 10.4. The van der Waals surface area contributed by atoms with E-state index in [1.807, 2.05) is 18.2 Å². The van der Waals surface area contributed by atoms with E-state index in [0.29, 0.717) is 12.3 Å². The standard InChI is InChI=1S/C12H16O.C8H9Br.C8H9.C4H8O.ClH.Mn/c1-9-5-4-6-12(11(9)3)10(2)7-8-13;1-6-4-3-5-8(9)7(6)2;1-7-5-3-4-6-8(7)2;1-2-4-5-3-1;;/h4-6,8,10H,7H2,1-3H3;3-5H,1-2H3;3-5H,1-2H3;1-4H2;1H;/q;;-1;;;+2/p-1. The molecule has 1 fully saturated rings. The zero-order chi connectivity index (χ0) is 28.2. The summed E-state index contributed by atoms with van der Waals surface area (Å²) in [6, 6.07) is 21.6. The predicted molar refractivity (Wildman–Crippen MR) is 159 cm³/mol. The quantitative estimate of drug-likeness (QED) is 0.164. The van der Waals surface area contributed by atoms with Crippen LogP contribution in [0.4, 0.5) is 0 Å². The first-order valence-electron chi connectivity index (χ1n) is 12.6. The molecule has 0 amide bonds. The van der Waals surface area contributed by atoms with E-state index in [-0.39, 0.29) is 0 Å². The Kier molecular flexibility index (Phi) is 20.7. The molecule has 1 aliphatic heterocycles. The summed E-state index contributed by atoms with van der Waals surface area (Å²) in [6.07, 6.45) is 4.16. The molecular formula is C32H42BrClMnO2. The van der Waals surface area contributed by atoms with Crippen LogP contribution >= 0.6 is 26.0 Å². The van der Waals surface area contributed by atoms with Crippen molar-refractivity contribution in [1.29, 1.82) is 0 Å². The van der Waals surface area contributed by atoms with Crippen LogP contribution in [0.2, 0.25) is 0 Å². The second-order valence-electron chi connectivity index (χ2n) is 9.07. The number of halogens is 2. The maximum absolute atomic E-state index is 10.4. The minimum absolute atomic E-state index is 0.345. The topological polar surface area (TPSA) is 26.3 Å².